The molecule has 184 valence electrons. The van der Waals surface area contributed by atoms with E-state index in [2.05, 4.69) is 25.0 Å². The Balaban J connectivity index is 0.00000361. The van der Waals surface area contributed by atoms with Crippen molar-refractivity contribution in [3.05, 3.63) is 101 Å². The SMILES string of the molecule is COC(=O)c1ccc(NC(=O)/C=C2/SC(=NCc3cccnc3)N(Cc3cccnc3)C2=O)cc1.[Br-]. The number of halogens is 1. The Bertz CT molecular complexity index is 1280. The molecule has 0 saturated carbocycles. The highest BCUT2D eigenvalue weighted by atomic mass is 79.9. The van der Waals surface area contributed by atoms with Crippen molar-refractivity contribution in [2.45, 2.75) is 13.1 Å². The fourth-order valence-corrected chi connectivity index (χ4v) is 4.14. The number of carbonyl (C=O) groups excluding carboxylic acids is 3. The van der Waals surface area contributed by atoms with Crippen molar-refractivity contribution in [3.8, 4) is 0 Å². The third-order valence-electron chi connectivity index (χ3n) is 4.91. The van der Waals surface area contributed by atoms with Crippen LogP contribution in [0.1, 0.15) is 21.5 Å². The lowest BCUT2D eigenvalue weighted by molar-refractivity contribution is -0.123. The van der Waals surface area contributed by atoms with Gasteiger partial charge in [-0.15, -0.1) is 0 Å². The smallest absolute Gasteiger partial charge is 0.337 e. The van der Waals surface area contributed by atoms with Crippen LogP contribution in [-0.4, -0.2) is 44.9 Å². The van der Waals surface area contributed by atoms with Crippen LogP contribution >= 0.6 is 11.8 Å². The Hall–Kier alpha value is -3.83. The number of esters is 1. The molecular weight excluding hydrogens is 546 g/mol. The fourth-order valence-electron chi connectivity index (χ4n) is 3.19. The normalized spacial score (nSPS) is 15.0. The molecule has 0 spiro atoms. The van der Waals surface area contributed by atoms with Gasteiger partial charge in [-0.3, -0.25) is 29.4 Å². The lowest BCUT2D eigenvalue weighted by Crippen LogP contribution is -3.00. The molecule has 4 rings (SSSR count). The van der Waals surface area contributed by atoms with Gasteiger partial charge in [0.25, 0.3) is 5.91 Å². The van der Waals surface area contributed by atoms with Gasteiger partial charge in [-0.1, -0.05) is 12.1 Å². The van der Waals surface area contributed by atoms with E-state index in [1.165, 1.54) is 18.1 Å². The van der Waals surface area contributed by atoms with Crippen molar-refractivity contribution in [1.82, 2.24) is 14.9 Å². The molecule has 36 heavy (non-hydrogen) atoms. The van der Waals surface area contributed by atoms with Crippen LogP contribution in [0.3, 0.4) is 0 Å². The van der Waals surface area contributed by atoms with E-state index in [0.717, 1.165) is 22.9 Å². The van der Waals surface area contributed by atoms with E-state index in [4.69, 9.17) is 0 Å². The average molecular weight is 567 g/mol. The van der Waals surface area contributed by atoms with Gasteiger partial charge in [0.2, 0.25) is 5.91 Å². The molecule has 1 fully saturated rings. The highest BCUT2D eigenvalue weighted by Gasteiger charge is 2.34. The van der Waals surface area contributed by atoms with E-state index < -0.39 is 11.9 Å². The van der Waals surface area contributed by atoms with Gasteiger partial charge in [-0.2, -0.15) is 0 Å². The highest BCUT2D eigenvalue weighted by Crippen LogP contribution is 2.32. The summed E-state index contributed by atoms with van der Waals surface area (Å²) in [5.74, 6) is -1.26. The molecule has 0 radical (unpaired) electrons. The van der Waals surface area contributed by atoms with Crippen LogP contribution in [0.15, 0.2) is 89.3 Å². The molecule has 0 bridgehead atoms. The van der Waals surface area contributed by atoms with Gasteiger partial charge < -0.3 is 27.0 Å². The Morgan fingerprint density at radius 3 is 2.33 bits per heavy atom. The zero-order valence-corrected chi connectivity index (χ0v) is 21.5. The van der Waals surface area contributed by atoms with E-state index in [-0.39, 0.29) is 34.3 Å². The molecule has 1 aromatic carbocycles. The van der Waals surface area contributed by atoms with Crippen LogP contribution in [0.2, 0.25) is 0 Å². The van der Waals surface area contributed by atoms with Crippen molar-refractivity contribution in [2.24, 2.45) is 4.99 Å². The standard InChI is InChI=1S/C25H21N5O4S.BrH/c1-34-24(33)19-6-8-20(9-7-19)29-22(31)12-21-23(32)30(16-18-5-3-11-27-14-18)25(35-21)28-15-17-4-2-10-26-13-17;/h2-14H,15-16H2,1H3,(H,29,31);1H/p-1/b21-12+,28-25?;. The second kappa shape index (κ2) is 12.8. The summed E-state index contributed by atoms with van der Waals surface area (Å²) in [7, 11) is 1.30. The topological polar surface area (TPSA) is 114 Å². The average Bonchev–Trinajstić information content (AvgIpc) is 3.17. The first-order valence-corrected chi connectivity index (χ1v) is 11.4. The van der Waals surface area contributed by atoms with E-state index in [1.807, 2.05) is 18.2 Å². The second-order valence-corrected chi connectivity index (χ2v) is 8.39. The summed E-state index contributed by atoms with van der Waals surface area (Å²) in [5.41, 5.74) is 2.59. The minimum atomic E-state index is -0.471. The maximum Gasteiger partial charge on any atom is 0.337 e. The number of aliphatic imine (C=N–C) groups is 1. The zero-order valence-electron chi connectivity index (χ0n) is 19.1. The molecule has 3 heterocycles. The molecule has 1 aliphatic heterocycles. The zero-order chi connectivity index (χ0) is 24.6. The summed E-state index contributed by atoms with van der Waals surface area (Å²) in [6.07, 6.45) is 8.00. The van der Waals surface area contributed by atoms with Crippen molar-refractivity contribution >= 4 is 40.4 Å². The first-order valence-electron chi connectivity index (χ1n) is 10.6. The van der Waals surface area contributed by atoms with Crippen LogP contribution < -0.4 is 22.3 Å². The van der Waals surface area contributed by atoms with Crippen molar-refractivity contribution in [2.75, 3.05) is 12.4 Å². The maximum atomic E-state index is 13.2. The minimum absolute atomic E-state index is 0. The Labute approximate surface area is 222 Å². The van der Waals surface area contributed by atoms with Gasteiger partial charge in [-0.25, -0.2) is 4.79 Å². The number of aromatic nitrogens is 2. The van der Waals surface area contributed by atoms with Crippen molar-refractivity contribution in [3.63, 3.8) is 0 Å². The van der Waals surface area contributed by atoms with Crippen LogP contribution in [0.25, 0.3) is 0 Å². The Morgan fingerprint density at radius 1 is 1.06 bits per heavy atom. The second-order valence-electron chi connectivity index (χ2n) is 7.38. The lowest BCUT2D eigenvalue weighted by atomic mass is 10.2. The van der Waals surface area contributed by atoms with E-state index >= 15 is 0 Å². The number of methoxy groups -OCH3 is 1. The minimum Gasteiger partial charge on any atom is -1.00 e. The number of benzene rings is 1. The van der Waals surface area contributed by atoms with Crippen molar-refractivity contribution in [1.29, 1.82) is 0 Å². The molecule has 2 aromatic heterocycles. The fraction of sp³-hybridized carbons (Fsp3) is 0.120. The molecule has 0 unspecified atom stereocenters. The molecular formula is C25H21BrN5O4S-. The summed E-state index contributed by atoms with van der Waals surface area (Å²) in [6.45, 7) is 0.624. The number of thioether (sulfide) groups is 1. The van der Waals surface area contributed by atoms with E-state index in [0.29, 0.717) is 23.0 Å². The van der Waals surface area contributed by atoms with E-state index in [1.54, 1.807) is 55.1 Å². The van der Waals surface area contributed by atoms with Crippen LogP contribution in [0, 0.1) is 0 Å². The summed E-state index contributed by atoms with van der Waals surface area (Å²) < 4.78 is 4.67. The number of hydrogen-bond donors (Lipinski definition) is 1. The predicted octanol–water partition coefficient (Wildman–Crippen LogP) is 0.421. The van der Waals surface area contributed by atoms with Gasteiger partial charge in [0.15, 0.2) is 5.17 Å². The summed E-state index contributed by atoms with van der Waals surface area (Å²) in [4.78, 5) is 51.9. The first-order chi connectivity index (χ1) is 17.0. The number of hydrogen-bond acceptors (Lipinski definition) is 8. The van der Waals surface area contributed by atoms with Gasteiger partial charge in [-0.05, 0) is 59.3 Å². The molecule has 1 N–H and O–H groups in total. The molecule has 11 heteroatoms. The number of carbonyl (C=O) groups is 3. The summed E-state index contributed by atoms with van der Waals surface area (Å²) >= 11 is 1.14. The predicted molar refractivity (Wildman–Crippen MR) is 132 cm³/mol. The number of ether oxygens (including phenoxy) is 1. The maximum absolute atomic E-state index is 13.2. The summed E-state index contributed by atoms with van der Waals surface area (Å²) in [6, 6.07) is 13.7. The quantitative estimate of drug-likeness (QED) is 0.325. The lowest BCUT2D eigenvalue weighted by Gasteiger charge is -2.15. The van der Waals surface area contributed by atoms with Gasteiger partial charge in [0.05, 0.1) is 30.7 Å². The number of amides is 2. The largest absolute Gasteiger partial charge is 1.00 e. The number of nitrogens with one attached hydrogen (secondary N) is 1. The van der Waals surface area contributed by atoms with Gasteiger partial charge in [0.1, 0.15) is 0 Å². The first kappa shape index (κ1) is 26.8. The van der Waals surface area contributed by atoms with Crippen LogP contribution in [-0.2, 0) is 27.4 Å². The number of anilines is 1. The molecule has 0 aliphatic carbocycles. The van der Waals surface area contributed by atoms with Gasteiger partial charge in [0, 0.05) is 36.6 Å². The number of rotatable bonds is 7. The third-order valence-corrected chi connectivity index (χ3v) is 5.95. The number of pyridine rings is 2. The highest BCUT2D eigenvalue weighted by molar-refractivity contribution is 8.18. The monoisotopic (exact) mass is 566 g/mol. The molecule has 2 amide bonds. The third kappa shape index (κ3) is 6.86. The molecule has 0 atom stereocenters. The Morgan fingerprint density at radius 2 is 1.72 bits per heavy atom. The van der Waals surface area contributed by atoms with Crippen molar-refractivity contribution < 1.29 is 36.1 Å². The number of nitrogens with zero attached hydrogens (tertiary/aromatic N) is 4. The molecule has 1 saturated heterocycles. The van der Waals surface area contributed by atoms with Crippen LogP contribution in [0.5, 0.6) is 0 Å². The van der Waals surface area contributed by atoms with Crippen LogP contribution in [0.4, 0.5) is 5.69 Å². The molecule has 9 nitrogen and oxygen atoms in total. The molecule has 1 aliphatic rings. The Kier molecular flexibility index (Phi) is 9.48. The van der Waals surface area contributed by atoms with Gasteiger partial charge >= 0.3 is 5.97 Å². The summed E-state index contributed by atoms with van der Waals surface area (Å²) in [5, 5.41) is 3.19. The number of amidine groups is 1. The molecule has 3 aromatic rings. The van der Waals surface area contributed by atoms with E-state index in [9.17, 15) is 14.4 Å².